The summed E-state index contributed by atoms with van der Waals surface area (Å²) in [6.07, 6.45) is 48.4. The molecule has 2 unspecified atom stereocenters. The van der Waals surface area contributed by atoms with Gasteiger partial charge in [-0.1, -0.05) is 201 Å². The molecule has 0 aliphatic rings. The summed E-state index contributed by atoms with van der Waals surface area (Å²) in [6, 6.07) is 0.588. The summed E-state index contributed by atoms with van der Waals surface area (Å²) < 4.78 is 2.53. The molecule has 0 aliphatic heterocycles. The summed E-state index contributed by atoms with van der Waals surface area (Å²) in [6.45, 7) is 9.40. The number of aromatic nitrogens is 2. The number of unbranched alkanes of at least 4 members (excludes halogenated alkanes) is 26. The van der Waals surface area contributed by atoms with Crippen LogP contribution in [0.5, 0.6) is 0 Å². The van der Waals surface area contributed by atoms with Crippen LogP contribution < -0.4 is 0 Å². The highest BCUT2D eigenvalue weighted by Crippen LogP contribution is 2.28. The third-order valence-corrected chi connectivity index (χ3v) is 9.91. The Bertz CT molecular complexity index is 650. The fourth-order valence-corrected chi connectivity index (χ4v) is 6.89. The van der Waals surface area contributed by atoms with E-state index in [1.807, 2.05) is 0 Å². The zero-order valence-electron chi connectivity index (χ0n) is 29.6. The molecular weight excluding hydrogens is 508 g/mol. The van der Waals surface area contributed by atoms with Crippen molar-refractivity contribution in [1.29, 1.82) is 0 Å². The Balaban J connectivity index is 2.05. The Kier molecular flexibility index (Phi) is 28.3. The molecule has 2 nitrogen and oxygen atoms in total. The topological polar surface area (TPSA) is 17.8 Å². The molecule has 0 bridgehead atoms. The zero-order chi connectivity index (χ0) is 30.4. The lowest BCUT2D eigenvalue weighted by atomic mass is 9.96. The average Bonchev–Trinajstić information content (AvgIpc) is 3.49. The van der Waals surface area contributed by atoms with Gasteiger partial charge in [0, 0.05) is 24.4 Å². The van der Waals surface area contributed by atoms with E-state index in [4.69, 9.17) is 4.98 Å². The molecule has 2 heteroatoms. The third-order valence-electron chi connectivity index (χ3n) is 9.91. The molecule has 1 rings (SSSR count). The monoisotopic (exact) mass is 587 g/mol. The maximum atomic E-state index is 4.87. The van der Waals surface area contributed by atoms with Crippen LogP contribution in [0.4, 0.5) is 0 Å². The summed E-state index contributed by atoms with van der Waals surface area (Å²) in [5.41, 5.74) is 0. The summed E-state index contributed by atoms with van der Waals surface area (Å²) in [4.78, 5) is 4.87. The maximum absolute atomic E-state index is 4.87. The Morgan fingerprint density at radius 2 is 0.810 bits per heavy atom. The van der Waals surface area contributed by atoms with Crippen LogP contribution in [0.25, 0.3) is 0 Å². The van der Waals surface area contributed by atoms with Gasteiger partial charge in [0.05, 0.1) is 0 Å². The number of nitrogens with zero attached hydrogens (tertiary/aromatic N) is 2. The molecular formula is C40H78N2. The second-order valence-corrected chi connectivity index (χ2v) is 13.9. The first-order valence-corrected chi connectivity index (χ1v) is 19.8. The first-order valence-electron chi connectivity index (χ1n) is 19.8. The van der Waals surface area contributed by atoms with Crippen molar-refractivity contribution >= 4 is 0 Å². The number of hydrogen-bond acceptors (Lipinski definition) is 1. The van der Waals surface area contributed by atoms with Gasteiger partial charge in [-0.15, -0.1) is 0 Å². The largest absolute Gasteiger partial charge is 0.332 e. The van der Waals surface area contributed by atoms with Crippen LogP contribution in [0, 0.1) is 0 Å². The molecule has 0 amide bonds. The third kappa shape index (κ3) is 21.8. The molecule has 0 spiro atoms. The van der Waals surface area contributed by atoms with E-state index in [-0.39, 0.29) is 0 Å². The molecule has 0 saturated heterocycles. The van der Waals surface area contributed by atoms with Gasteiger partial charge in [0.25, 0.3) is 0 Å². The minimum atomic E-state index is 0.588. The van der Waals surface area contributed by atoms with Gasteiger partial charge in [0.15, 0.2) is 0 Å². The molecule has 2 atom stereocenters. The van der Waals surface area contributed by atoms with E-state index >= 15 is 0 Å². The highest BCUT2D eigenvalue weighted by atomic mass is 15.1. The van der Waals surface area contributed by atoms with Crippen LogP contribution in [0.2, 0.25) is 0 Å². The fraction of sp³-hybridized carbons (Fsp3) is 0.925. The van der Waals surface area contributed by atoms with Gasteiger partial charge in [-0.05, 0) is 26.2 Å². The van der Waals surface area contributed by atoms with Crippen LogP contribution in [0.15, 0.2) is 12.4 Å². The first kappa shape index (κ1) is 39.2. The van der Waals surface area contributed by atoms with Crippen molar-refractivity contribution in [2.45, 2.75) is 239 Å². The quantitative estimate of drug-likeness (QED) is 0.0749. The fourth-order valence-electron chi connectivity index (χ4n) is 6.89. The Labute approximate surface area is 266 Å². The van der Waals surface area contributed by atoms with E-state index in [0.29, 0.717) is 12.0 Å². The molecule has 0 saturated carbocycles. The standard InChI is InChI=1S/C40H78N2/c1-5-8-10-12-14-16-18-20-22-24-26-28-30-32-34-38(4)42-37-36-41-40(42)39(7-3)35-33-31-29-27-25-23-21-19-17-15-13-11-9-6-2/h36-39H,5-35H2,1-4H3. The molecule has 1 aromatic rings. The molecule has 0 aromatic carbocycles. The van der Waals surface area contributed by atoms with Crippen LogP contribution >= 0.6 is 0 Å². The number of rotatable bonds is 33. The van der Waals surface area contributed by atoms with E-state index in [2.05, 4.69) is 44.7 Å². The predicted molar refractivity (Wildman–Crippen MR) is 190 cm³/mol. The number of hydrogen-bond donors (Lipinski definition) is 0. The lowest BCUT2D eigenvalue weighted by molar-refractivity contribution is 0.425. The minimum absolute atomic E-state index is 0.588. The second-order valence-electron chi connectivity index (χ2n) is 13.9. The van der Waals surface area contributed by atoms with E-state index in [9.17, 15) is 0 Å². The summed E-state index contributed by atoms with van der Waals surface area (Å²) >= 11 is 0. The lowest BCUT2D eigenvalue weighted by Crippen LogP contribution is -2.12. The molecule has 0 fully saturated rings. The van der Waals surface area contributed by atoms with Crippen LogP contribution in [0.1, 0.15) is 245 Å². The Morgan fingerprint density at radius 3 is 1.17 bits per heavy atom. The van der Waals surface area contributed by atoms with Crippen LogP contribution in [-0.2, 0) is 0 Å². The van der Waals surface area contributed by atoms with Gasteiger partial charge in [-0.25, -0.2) is 4.98 Å². The lowest BCUT2D eigenvalue weighted by Gasteiger charge is -2.21. The summed E-state index contributed by atoms with van der Waals surface area (Å²) in [5, 5.41) is 0. The van der Waals surface area contributed by atoms with Crippen molar-refractivity contribution in [3.05, 3.63) is 18.2 Å². The van der Waals surface area contributed by atoms with E-state index in [1.165, 1.54) is 205 Å². The van der Waals surface area contributed by atoms with E-state index in [1.54, 1.807) is 0 Å². The Hall–Kier alpha value is -0.790. The number of imidazole rings is 1. The first-order chi connectivity index (χ1) is 20.7. The van der Waals surface area contributed by atoms with Crippen molar-refractivity contribution in [2.75, 3.05) is 0 Å². The smallest absolute Gasteiger partial charge is 0.111 e. The van der Waals surface area contributed by atoms with Crippen molar-refractivity contribution in [3.63, 3.8) is 0 Å². The van der Waals surface area contributed by atoms with Gasteiger partial charge in [-0.3, -0.25) is 0 Å². The summed E-state index contributed by atoms with van der Waals surface area (Å²) in [7, 11) is 0. The molecule has 248 valence electrons. The van der Waals surface area contributed by atoms with Gasteiger partial charge < -0.3 is 4.57 Å². The van der Waals surface area contributed by atoms with E-state index in [0.717, 1.165) is 0 Å². The minimum Gasteiger partial charge on any atom is -0.332 e. The van der Waals surface area contributed by atoms with Gasteiger partial charge >= 0.3 is 0 Å². The van der Waals surface area contributed by atoms with Gasteiger partial charge in [0.1, 0.15) is 5.82 Å². The van der Waals surface area contributed by atoms with Gasteiger partial charge in [0.2, 0.25) is 0 Å². The zero-order valence-corrected chi connectivity index (χ0v) is 29.6. The average molecular weight is 587 g/mol. The molecule has 0 radical (unpaired) electrons. The van der Waals surface area contributed by atoms with Crippen molar-refractivity contribution in [2.24, 2.45) is 0 Å². The molecule has 1 heterocycles. The normalized spacial score (nSPS) is 13.1. The molecule has 0 aliphatic carbocycles. The molecule has 1 aromatic heterocycles. The van der Waals surface area contributed by atoms with Crippen LogP contribution in [-0.4, -0.2) is 9.55 Å². The highest BCUT2D eigenvalue weighted by molar-refractivity contribution is 5.02. The van der Waals surface area contributed by atoms with Crippen molar-refractivity contribution < 1.29 is 0 Å². The van der Waals surface area contributed by atoms with Crippen molar-refractivity contribution in [1.82, 2.24) is 9.55 Å². The predicted octanol–water partition coefficient (Wildman–Crippen LogP) is 14.7. The second kappa shape index (κ2) is 30.2. The van der Waals surface area contributed by atoms with Crippen LogP contribution in [0.3, 0.4) is 0 Å². The SMILES string of the molecule is CCCCCCCCCCCCCCCCC(CC)c1nccn1C(C)CCCCCCCCCCCCCCCC. The molecule has 0 N–H and O–H groups in total. The molecule has 42 heavy (non-hydrogen) atoms. The summed E-state index contributed by atoms with van der Waals surface area (Å²) in [5.74, 6) is 2.00. The van der Waals surface area contributed by atoms with Crippen molar-refractivity contribution in [3.8, 4) is 0 Å². The van der Waals surface area contributed by atoms with E-state index < -0.39 is 0 Å². The maximum Gasteiger partial charge on any atom is 0.111 e. The Morgan fingerprint density at radius 1 is 0.476 bits per heavy atom. The van der Waals surface area contributed by atoms with Gasteiger partial charge in [-0.2, -0.15) is 0 Å². The highest BCUT2D eigenvalue weighted by Gasteiger charge is 2.18.